The van der Waals surface area contributed by atoms with E-state index in [0.29, 0.717) is 0 Å². The molecule has 0 atom stereocenters. The van der Waals surface area contributed by atoms with E-state index in [1.54, 1.807) is 0 Å². The molecule has 13 aromatic rings. The fourth-order valence-corrected chi connectivity index (χ4v) is 10.4. The lowest BCUT2D eigenvalue weighted by Crippen LogP contribution is -2.11. The number of hydrogen-bond donors (Lipinski definition) is 0. The topological polar surface area (TPSA) is 21.3 Å². The number of nitrogens with zero attached hydrogens (tertiary/aromatic N) is 2. The van der Waals surface area contributed by atoms with Gasteiger partial charge in [-0.05, 0) is 93.2 Å². The Morgan fingerprint density at radius 3 is 1.51 bits per heavy atom. The first kappa shape index (κ1) is 38.5. The van der Waals surface area contributed by atoms with E-state index in [1.807, 2.05) is 6.07 Å². The van der Waals surface area contributed by atoms with Gasteiger partial charge in [0.05, 0.1) is 22.4 Å². The minimum atomic E-state index is 0.885. The minimum absolute atomic E-state index is 0.885. The van der Waals surface area contributed by atoms with E-state index in [4.69, 9.17) is 4.42 Å². The molecule has 0 spiro atoms. The lowest BCUT2D eigenvalue weighted by molar-refractivity contribution is 0.670. The van der Waals surface area contributed by atoms with Crippen molar-refractivity contribution in [3.8, 4) is 50.2 Å². The zero-order chi connectivity index (χ0) is 44.3. The van der Waals surface area contributed by atoms with Crippen LogP contribution in [0.15, 0.2) is 259 Å². The van der Waals surface area contributed by atoms with Gasteiger partial charge in [0.25, 0.3) is 0 Å². The molecule has 0 saturated heterocycles. The Morgan fingerprint density at radius 2 is 0.776 bits per heavy atom. The summed E-state index contributed by atoms with van der Waals surface area (Å²) in [4.78, 5) is 2.39. The summed E-state index contributed by atoms with van der Waals surface area (Å²) >= 11 is 0. The van der Waals surface area contributed by atoms with Gasteiger partial charge in [-0.3, -0.25) is 0 Å². The van der Waals surface area contributed by atoms with Crippen molar-refractivity contribution in [2.75, 3.05) is 4.90 Å². The number of furan rings is 1. The van der Waals surface area contributed by atoms with E-state index in [-0.39, 0.29) is 0 Å². The van der Waals surface area contributed by atoms with Gasteiger partial charge in [0.15, 0.2) is 0 Å². The van der Waals surface area contributed by atoms with Crippen LogP contribution >= 0.6 is 0 Å². The Labute approximate surface area is 388 Å². The predicted octanol–water partition coefficient (Wildman–Crippen LogP) is 18.0. The summed E-state index contributed by atoms with van der Waals surface area (Å²) in [6.45, 7) is 0. The maximum Gasteiger partial charge on any atom is 0.143 e. The quantitative estimate of drug-likeness (QED) is 0.152. The van der Waals surface area contributed by atoms with Gasteiger partial charge in [0.2, 0.25) is 0 Å². The van der Waals surface area contributed by atoms with E-state index in [1.165, 1.54) is 60.4 Å². The molecule has 3 heteroatoms. The molecule has 0 amide bonds. The Morgan fingerprint density at radius 1 is 0.299 bits per heavy atom. The summed E-state index contributed by atoms with van der Waals surface area (Å²) in [7, 11) is 0. The van der Waals surface area contributed by atoms with Gasteiger partial charge in [0.1, 0.15) is 11.2 Å². The van der Waals surface area contributed by atoms with Gasteiger partial charge < -0.3 is 13.9 Å². The molecule has 2 heterocycles. The Hall–Kier alpha value is -8.92. The van der Waals surface area contributed by atoms with E-state index >= 15 is 0 Å². The average Bonchev–Trinajstić information content (AvgIpc) is 3.95. The fraction of sp³-hybridized carbons (Fsp3) is 0. The molecule has 314 valence electrons. The molecule has 0 radical (unpaired) electrons. The highest BCUT2D eigenvalue weighted by atomic mass is 16.3. The van der Waals surface area contributed by atoms with Crippen molar-refractivity contribution in [3.05, 3.63) is 255 Å². The molecular weight excluding hydrogens is 813 g/mol. The summed E-state index contributed by atoms with van der Waals surface area (Å²) in [5, 5.41) is 7.20. The first-order valence-electron chi connectivity index (χ1n) is 22.9. The van der Waals surface area contributed by atoms with Crippen LogP contribution in [0.1, 0.15) is 0 Å². The van der Waals surface area contributed by atoms with Gasteiger partial charge in [-0.1, -0.05) is 200 Å². The number of benzene rings is 11. The number of aromatic nitrogens is 1. The molecule has 0 fully saturated rings. The third kappa shape index (κ3) is 6.43. The molecule has 0 aliphatic heterocycles. The smallest absolute Gasteiger partial charge is 0.143 e. The van der Waals surface area contributed by atoms with E-state index in [2.05, 4.69) is 258 Å². The van der Waals surface area contributed by atoms with Crippen LogP contribution in [-0.2, 0) is 0 Å². The van der Waals surface area contributed by atoms with Crippen molar-refractivity contribution in [1.29, 1.82) is 0 Å². The lowest BCUT2D eigenvalue weighted by Gasteiger charge is -2.28. The highest BCUT2D eigenvalue weighted by Crippen LogP contribution is 2.46. The minimum Gasteiger partial charge on any atom is -0.455 e. The van der Waals surface area contributed by atoms with Gasteiger partial charge in [-0.15, -0.1) is 0 Å². The maximum absolute atomic E-state index is 6.65. The molecule has 67 heavy (non-hydrogen) atoms. The Bertz CT molecular complexity index is 3930. The normalized spacial score (nSPS) is 11.6. The second-order valence-corrected chi connectivity index (χ2v) is 17.2. The SMILES string of the molecule is c1ccc(-c2ccccc2-n2c3ccccc3c3ccccc32)c(-c2ccc(N(c3ccc(-c4cccc5ccccc45)cc3)c3ccccc3-c3cccc4c3oc3ccccc34)cc2)c1. The molecule has 2 aromatic heterocycles. The second kappa shape index (κ2) is 16.0. The van der Waals surface area contributed by atoms with E-state index in [9.17, 15) is 0 Å². The van der Waals surface area contributed by atoms with Crippen molar-refractivity contribution < 1.29 is 4.42 Å². The summed E-state index contributed by atoms with van der Waals surface area (Å²) < 4.78 is 9.07. The molecule has 0 aliphatic rings. The van der Waals surface area contributed by atoms with Crippen molar-refractivity contribution in [1.82, 2.24) is 4.57 Å². The predicted molar refractivity (Wildman–Crippen MR) is 282 cm³/mol. The van der Waals surface area contributed by atoms with Gasteiger partial charge >= 0.3 is 0 Å². The first-order chi connectivity index (χ1) is 33.3. The van der Waals surface area contributed by atoms with Gasteiger partial charge in [-0.2, -0.15) is 0 Å². The molecule has 3 nitrogen and oxygen atoms in total. The highest BCUT2D eigenvalue weighted by Gasteiger charge is 2.22. The number of hydrogen-bond acceptors (Lipinski definition) is 2. The summed E-state index contributed by atoms with van der Waals surface area (Å²) in [6, 6.07) is 91.8. The van der Waals surface area contributed by atoms with Crippen LogP contribution in [0.5, 0.6) is 0 Å². The lowest BCUT2D eigenvalue weighted by atomic mass is 9.93. The van der Waals surface area contributed by atoms with Crippen LogP contribution in [0.4, 0.5) is 17.1 Å². The zero-order valence-corrected chi connectivity index (χ0v) is 36.6. The molecule has 0 aliphatic carbocycles. The zero-order valence-electron chi connectivity index (χ0n) is 36.6. The number of anilines is 3. The fourth-order valence-electron chi connectivity index (χ4n) is 10.4. The average molecular weight is 855 g/mol. The van der Waals surface area contributed by atoms with Gasteiger partial charge in [0, 0.05) is 49.6 Å². The first-order valence-corrected chi connectivity index (χ1v) is 22.9. The third-order valence-electron chi connectivity index (χ3n) is 13.4. The molecule has 0 saturated carbocycles. The summed E-state index contributed by atoms with van der Waals surface area (Å²) in [5.74, 6) is 0. The molecule has 13 rings (SSSR count). The number of rotatable bonds is 8. The van der Waals surface area contributed by atoms with Crippen LogP contribution in [0.25, 0.3) is 105 Å². The van der Waals surface area contributed by atoms with E-state index < -0.39 is 0 Å². The van der Waals surface area contributed by atoms with Crippen molar-refractivity contribution in [2.24, 2.45) is 0 Å². The largest absolute Gasteiger partial charge is 0.455 e. The van der Waals surface area contributed by atoms with E-state index in [0.717, 1.165) is 61.4 Å². The molecule has 0 unspecified atom stereocenters. The highest BCUT2D eigenvalue weighted by molar-refractivity contribution is 6.12. The van der Waals surface area contributed by atoms with Crippen molar-refractivity contribution in [3.63, 3.8) is 0 Å². The summed E-state index contributed by atoms with van der Waals surface area (Å²) in [5.41, 5.74) is 17.7. The third-order valence-corrected chi connectivity index (χ3v) is 13.4. The molecule has 0 bridgehead atoms. The second-order valence-electron chi connectivity index (χ2n) is 17.2. The van der Waals surface area contributed by atoms with Crippen LogP contribution in [0.2, 0.25) is 0 Å². The molecule has 0 N–H and O–H groups in total. The molecule has 11 aromatic carbocycles. The van der Waals surface area contributed by atoms with Crippen LogP contribution < -0.4 is 4.90 Å². The van der Waals surface area contributed by atoms with Crippen molar-refractivity contribution in [2.45, 2.75) is 0 Å². The van der Waals surface area contributed by atoms with Crippen LogP contribution in [0.3, 0.4) is 0 Å². The van der Waals surface area contributed by atoms with Crippen molar-refractivity contribution >= 4 is 71.6 Å². The Balaban J connectivity index is 0.953. The standard InChI is InChI=1S/C64H42N2O/c1-2-19-48-43(17-1)18-15-27-49(48)44-35-39-46(40-36-44)65(59-30-10-8-25-55(59)57-28-16-29-58-56-26-9-14-34-63(56)67-64(57)58)47-41-37-45(38-42-47)50-20-3-4-21-51(50)52-22-5-11-31-60(52)66-61-32-12-6-23-53(61)54-24-7-13-33-62(54)66/h1-42H. The van der Waals surface area contributed by atoms with Gasteiger partial charge in [-0.25, -0.2) is 0 Å². The monoisotopic (exact) mass is 854 g/mol. The van der Waals surface area contributed by atoms with Crippen LogP contribution in [-0.4, -0.2) is 4.57 Å². The Kier molecular flexibility index (Phi) is 9.17. The maximum atomic E-state index is 6.65. The van der Waals surface area contributed by atoms with Crippen LogP contribution in [0, 0.1) is 0 Å². The molecular formula is C64H42N2O. The number of fused-ring (bicyclic) bond motifs is 7. The number of para-hydroxylation sites is 6. The summed E-state index contributed by atoms with van der Waals surface area (Å²) in [6.07, 6.45) is 0.